The van der Waals surface area contributed by atoms with Crippen LogP contribution < -0.4 is 10.2 Å². The normalized spacial score (nSPS) is 14.4. The number of nitrogens with zero attached hydrogens (tertiary/aromatic N) is 4. The predicted octanol–water partition coefficient (Wildman–Crippen LogP) is 4.13. The van der Waals surface area contributed by atoms with Gasteiger partial charge < -0.3 is 25.3 Å². The molecule has 0 spiro atoms. The number of para-hydroxylation sites is 1. The average molecular weight is 616 g/mol. The predicted molar refractivity (Wildman–Crippen MR) is 167 cm³/mol. The van der Waals surface area contributed by atoms with Gasteiger partial charge in [0.05, 0.1) is 17.7 Å². The zero-order valence-electron chi connectivity index (χ0n) is 23.6. The number of rotatable bonds is 5. The molecule has 0 unspecified atom stereocenters. The summed E-state index contributed by atoms with van der Waals surface area (Å²) in [5.74, 6) is -2.82. The van der Waals surface area contributed by atoms with Crippen molar-refractivity contribution in [1.82, 2.24) is 14.8 Å². The fourth-order valence-corrected chi connectivity index (χ4v) is 5.51. The van der Waals surface area contributed by atoms with E-state index in [0.29, 0.717) is 36.8 Å². The number of nitrogens with one attached hydrogen (secondary N) is 1. The van der Waals surface area contributed by atoms with Crippen molar-refractivity contribution in [2.45, 2.75) is 6.42 Å². The average Bonchev–Trinajstić information content (AvgIpc) is 3.45. The topological polar surface area (TPSA) is 143 Å². The van der Waals surface area contributed by atoms with Crippen molar-refractivity contribution in [3.63, 3.8) is 0 Å². The number of amides is 2. The van der Waals surface area contributed by atoms with Crippen LogP contribution in [0.4, 0.5) is 17.2 Å². The van der Waals surface area contributed by atoms with Gasteiger partial charge in [0.15, 0.2) is 0 Å². The van der Waals surface area contributed by atoms with Crippen LogP contribution in [-0.4, -0.2) is 88.0 Å². The van der Waals surface area contributed by atoms with Crippen molar-refractivity contribution >= 4 is 63.4 Å². The van der Waals surface area contributed by atoms with Gasteiger partial charge in [0, 0.05) is 59.9 Å². The van der Waals surface area contributed by atoms with E-state index in [-0.39, 0.29) is 18.4 Å². The molecule has 6 rings (SSSR count). The fraction of sp³-hybridized carbons (Fsp3) is 0.219. The third kappa shape index (κ3) is 6.96. The Labute approximate surface area is 258 Å². The zero-order valence-corrected chi connectivity index (χ0v) is 24.4. The highest BCUT2D eigenvalue weighted by atomic mass is 35.5. The number of hydrogen-bond acceptors (Lipinski definition) is 7. The Bertz CT molecular complexity index is 1700. The van der Waals surface area contributed by atoms with Gasteiger partial charge >= 0.3 is 11.9 Å². The van der Waals surface area contributed by atoms with Crippen molar-refractivity contribution in [2.75, 3.05) is 49.5 Å². The minimum absolute atomic E-state index is 0.0396. The second kappa shape index (κ2) is 13.5. The summed E-state index contributed by atoms with van der Waals surface area (Å²) >= 11 is 6.27. The molecule has 1 saturated heterocycles. The fourth-order valence-electron chi connectivity index (χ4n) is 5.32. The number of carboxylic acids is 2. The smallest absolute Gasteiger partial charge is 0.414 e. The molecule has 0 atom stereocenters. The minimum atomic E-state index is -1.82. The van der Waals surface area contributed by atoms with Crippen LogP contribution in [0.1, 0.15) is 15.9 Å². The monoisotopic (exact) mass is 615 g/mol. The summed E-state index contributed by atoms with van der Waals surface area (Å²) in [5.41, 5.74) is 4.39. The minimum Gasteiger partial charge on any atom is -0.473 e. The van der Waals surface area contributed by atoms with E-state index in [0.717, 1.165) is 46.6 Å². The Balaban J connectivity index is 0.000000584. The van der Waals surface area contributed by atoms with Gasteiger partial charge in [-0.05, 0) is 42.8 Å². The summed E-state index contributed by atoms with van der Waals surface area (Å²) in [7, 11) is 0. The Kier molecular flexibility index (Phi) is 9.37. The van der Waals surface area contributed by atoms with Crippen molar-refractivity contribution in [2.24, 2.45) is 0 Å². The highest BCUT2D eigenvalue weighted by Gasteiger charge is 2.28. The maximum Gasteiger partial charge on any atom is 0.414 e. The SMILES string of the molecule is O=C(CN1CCN(C(=O)c2ccccc2)CC1)Nc1c2c(nc3ccccc13)N(c1cccc(Cl)c1)CC2.O=C(O)C(=O)O. The van der Waals surface area contributed by atoms with Crippen LogP contribution in [0, 0.1) is 0 Å². The summed E-state index contributed by atoms with van der Waals surface area (Å²) in [6.45, 7) is 3.55. The highest BCUT2D eigenvalue weighted by Crippen LogP contribution is 2.41. The van der Waals surface area contributed by atoms with Crippen LogP contribution in [0.15, 0.2) is 78.9 Å². The second-order valence-electron chi connectivity index (χ2n) is 10.3. The van der Waals surface area contributed by atoms with Crippen LogP contribution in [0.3, 0.4) is 0 Å². The second-order valence-corrected chi connectivity index (χ2v) is 10.7. The van der Waals surface area contributed by atoms with Gasteiger partial charge in [-0.1, -0.05) is 54.1 Å². The third-order valence-electron chi connectivity index (χ3n) is 7.43. The molecule has 4 aromatic rings. The first-order chi connectivity index (χ1) is 21.2. The number of halogens is 1. The summed E-state index contributed by atoms with van der Waals surface area (Å²) in [6.07, 6.45) is 0.773. The van der Waals surface area contributed by atoms with E-state index in [1.54, 1.807) is 0 Å². The van der Waals surface area contributed by atoms with Gasteiger partial charge in [0.1, 0.15) is 5.82 Å². The summed E-state index contributed by atoms with van der Waals surface area (Å²) in [5, 5.41) is 19.6. The Morgan fingerprint density at radius 3 is 2.18 bits per heavy atom. The number of pyridine rings is 1. The van der Waals surface area contributed by atoms with E-state index < -0.39 is 11.9 Å². The molecule has 1 fully saturated rings. The van der Waals surface area contributed by atoms with E-state index in [1.807, 2.05) is 83.8 Å². The van der Waals surface area contributed by atoms with E-state index in [2.05, 4.69) is 15.1 Å². The summed E-state index contributed by atoms with van der Waals surface area (Å²) < 4.78 is 0. The molecule has 2 aliphatic heterocycles. The largest absolute Gasteiger partial charge is 0.473 e. The molecular formula is C32H30ClN5O6. The molecule has 11 nitrogen and oxygen atoms in total. The van der Waals surface area contributed by atoms with Gasteiger partial charge in [0.2, 0.25) is 5.91 Å². The number of carboxylic acid groups (broad SMARTS) is 2. The lowest BCUT2D eigenvalue weighted by Crippen LogP contribution is -2.50. The summed E-state index contributed by atoms with van der Waals surface area (Å²) in [6, 6.07) is 25.0. The van der Waals surface area contributed by atoms with Gasteiger partial charge in [-0.3, -0.25) is 14.5 Å². The molecule has 3 aromatic carbocycles. The highest BCUT2D eigenvalue weighted by molar-refractivity contribution is 6.30. The number of benzene rings is 3. The quantitative estimate of drug-likeness (QED) is 0.282. The standard InChI is InChI=1S/C30H28ClN5O2.C2H2O4/c31-22-9-6-10-23(19-22)36-14-13-25-28(24-11-4-5-12-26(24)32-29(25)36)33-27(37)20-34-15-17-35(18-16-34)30(38)21-7-2-1-3-8-21;3-1(4)2(5)6/h1-12,19H,13-18,20H2,(H,32,33,37);(H,3,4)(H,5,6). The molecule has 0 bridgehead atoms. The van der Waals surface area contributed by atoms with Crippen molar-refractivity contribution in [3.05, 3.63) is 95.0 Å². The molecule has 1 aromatic heterocycles. The molecular weight excluding hydrogens is 586 g/mol. The van der Waals surface area contributed by atoms with Crippen molar-refractivity contribution in [3.8, 4) is 0 Å². The van der Waals surface area contributed by atoms with Crippen LogP contribution in [0.5, 0.6) is 0 Å². The van der Waals surface area contributed by atoms with Gasteiger partial charge in [-0.25, -0.2) is 14.6 Å². The first kappa shape index (κ1) is 30.5. The maximum atomic E-state index is 13.3. The van der Waals surface area contributed by atoms with E-state index in [4.69, 9.17) is 36.4 Å². The molecule has 2 aliphatic rings. The number of piperazine rings is 1. The molecule has 44 heavy (non-hydrogen) atoms. The molecule has 3 N–H and O–H groups in total. The molecule has 0 aliphatic carbocycles. The first-order valence-corrected chi connectivity index (χ1v) is 14.4. The van der Waals surface area contributed by atoms with E-state index >= 15 is 0 Å². The lowest BCUT2D eigenvalue weighted by molar-refractivity contribution is -0.159. The molecule has 226 valence electrons. The molecule has 12 heteroatoms. The van der Waals surface area contributed by atoms with Crippen molar-refractivity contribution < 1.29 is 29.4 Å². The zero-order chi connectivity index (χ0) is 31.2. The van der Waals surface area contributed by atoms with Gasteiger partial charge in [-0.15, -0.1) is 0 Å². The Hall–Kier alpha value is -5.00. The van der Waals surface area contributed by atoms with Crippen LogP contribution in [-0.2, 0) is 20.8 Å². The van der Waals surface area contributed by atoms with Gasteiger partial charge in [0.25, 0.3) is 5.91 Å². The number of aromatic nitrogens is 1. The number of aliphatic carboxylic acids is 2. The molecule has 0 saturated carbocycles. The summed E-state index contributed by atoms with van der Waals surface area (Å²) in [4.78, 5) is 55.3. The Morgan fingerprint density at radius 1 is 0.818 bits per heavy atom. The number of carbonyl (C=O) groups excluding carboxylic acids is 2. The third-order valence-corrected chi connectivity index (χ3v) is 7.66. The maximum absolute atomic E-state index is 13.3. The molecule has 2 amide bonds. The van der Waals surface area contributed by atoms with Crippen LogP contribution >= 0.6 is 11.6 Å². The first-order valence-electron chi connectivity index (χ1n) is 14.0. The van der Waals surface area contributed by atoms with Gasteiger partial charge in [-0.2, -0.15) is 0 Å². The number of carbonyl (C=O) groups is 4. The Morgan fingerprint density at radius 2 is 1.50 bits per heavy atom. The van der Waals surface area contributed by atoms with Crippen LogP contribution in [0.25, 0.3) is 10.9 Å². The number of fused-ring (bicyclic) bond motifs is 2. The van der Waals surface area contributed by atoms with E-state index in [1.165, 1.54) is 0 Å². The molecule has 0 radical (unpaired) electrons. The molecule has 3 heterocycles. The number of hydrogen-bond donors (Lipinski definition) is 3. The lowest BCUT2D eigenvalue weighted by Gasteiger charge is -2.34. The van der Waals surface area contributed by atoms with E-state index in [9.17, 15) is 9.59 Å². The lowest BCUT2D eigenvalue weighted by atomic mass is 10.1. The van der Waals surface area contributed by atoms with Crippen LogP contribution in [0.2, 0.25) is 5.02 Å². The van der Waals surface area contributed by atoms with Crippen molar-refractivity contribution in [1.29, 1.82) is 0 Å². The number of anilines is 3.